The van der Waals surface area contributed by atoms with E-state index in [4.69, 9.17) is 10.8 Å². The molecule has 0 aromatic carbocycles. The molecule has 0 aromatic rings. The summed E-state index contributed by atoms with van der Waals surface area (Å²) in [6.07, 6.45) is 2.56. The number of hydrogen-bond donors (Lipinski definition) is 3. The Morgan fingerprint density at radius 3 is 2.39 bits per heavy atom. The summed E-state index contributed by atoms with van der Waals surface area (Å²) in [7, 11) is 0. The van der Waals surface area contributed by atoms with Gasteiger partial charge in [-0.15, -0.1) is 0 Å². The molecular weight excluding hydrogens is 232 g/mol. The molecule has 4 N–H and O–H groups in total. The molecule has 18 heavy (non-hydrogen) atoms. The summed E-state index contributed by atoms with van der Waals surface area (Å²) in [6.45, 7) is 6.80. The normalized spacial score (nSPS) is 13.1. The zero-order valence-corrected chi connectivity index (χ0v) is 11.7. The molecule has 5 heteroatoms. The summed E-state index contributed by atoms with van der Waals surface area (Å²) in [5.74, 6) is -0.851. The van der Waals surface area contributed by atoms with Gasteiger partial charge in [0.05, 0.1) is 0 Å². The molecule has 5 nitrogen and oxygen atoms in total. The zero-order chi connectivity index (χ0) is 14.2. The van der Waals surface area contributed by atoms with Crippen LogP contribution in [0.4, 0.5) is 0 Å². The first kappa shape index (κ1) is 16.9. The van der Waals surface area contributed by atoms with Crippen LogP contribution in [0.1, 0.15) is 52.9 Å². The highest BCUT2D eigenvalue weighted by Crippen LogP contribution is 2.20. The number of carbonyl (C=O) groups excluding carboxylic acids is 1. The van der Waals surface area contributed by atoms with Gasteiger partial charge in [-0.3, -0.25) is 9.59 Å². The molecule has 0 spiro atoms. The van der Waals surface area contributed by atoms with Crippen molar-refractivity contribution in [3.8, 4) is 0 Å². The van der Waals surface area contributed by atoms with Crippen molar-refractivity contribution in [1.29, 1.82) is 0 Å². The molecule has 0 fully saturated rings. The Bertz CT molecular complexity index is 272. The molecule has 0 aliphatic carbocycles. The molecule has 1 atom stereocenters. The van der Waals surface area contributed by atoms with Crippen LogP contribution in [0.25, 0.3) is 0 Å². The minimum absolute atomic E-state index is 0.0536. The fourth-order valence-electron chi connectivity index (χ4n) is 1.80. The first-order valence-corrected chi connectivity index (χ1v) is 6.45. The zero-order valence-electron chi connectivity index (χ0n) is 11.7. The summed E-state index contributed by atoms with van der Waals surface area (Å²) in [5, 5.41) is 11.2. The van der Waals surface area contributed by atoms with Crippen LogP contribution in [0.5, 0.6) is 0 Å². The number of carbonyl (C=O) groups is 2. The Balaban J connectivity index is 3.62. The van der Waals surface area contributed by atoms with E-state index in [-0.39, 0.29) is 23.8 Å². The Labute approximate surface area is 109 Å². The van der Waals surface area contributed by atoms with Gasteiger partial charge in [0.15, 0.2) is 0 Å². The SMILES string of the molecule is CC(C)(C)CC(N)CC(=O)NCCCCC(=O)O. The predicted octanol–water partition coefficient (Wildman–Crippen LogP) is 1.51. The number of nitrogens with one attached hydrogen (secondary N) is 1. The molecule has 0 aromatic heterocycles. The molecule has 0 bridgehead atoms. The van der Waals surface area contributed by atoms with E-state index in [0.717, 1.165) is 6.42 Å². The van der Waals surface area contributed by atoms with Crippen LogP contribution in [0.3, 0.4) is 0 Å². The van der Waals surface area contributed by atoms with Crippen molar-refractivity contribution < 1.29 is 14.7 Å². The lowest BCUT2D eigenvalue weighted by molar-refractivity contribution is -0.137. The lowest BCUT2D eigenvalue weighted by atomic mass is 9.87. The summed E-state index contributed by atoms with van der Waals surface area (Å²) >= 11 is 0. The number of carboxylic acid groups (broad SMARTS) is 1. The third-order valence-electron chi connectivity index (χ3n) is 2.46. The average molecular weight is 258 g/mol. The van der Waals surface area contributed by atoms with Crippen molar-refractivity contribution in [2.75, 3.05) is 6.54 Å². The summed E-state index contributed by atoms with van der Waals surface area (Å²) in [6, 6.07) is -0.121. The van der Waals surface area contributed by atoms with E-state index in [2.05, 4.69) is 26.1 Å². The number of nitrogens with two attached hydrogens (primary N) is 1. The van der Waals surface area contributed by atoms with E-state index in [1.54, 1.807) is 0 Å². The van der Waals surface area contributed by atoms with Gasteiger partial charge in [-0.05, 0) is 24.7 Å². The van der Waals surface area contributed by atoms with E-state index >= 15 is 0 Å². The van der Waals surface area contributed by atoms with Crippen LogP contribution < -0.4 is 11.1 Å². The fourth-order valence-corrected chi connectivity index (χ4v) is 1.80. The maximum atomic E-state index is 11.5. The van der Waals surface area contributed by atoms with E-state index in [9.17, 15) is 9.59 Å². The Kier molecular flexibility index (Phi) is 7.59. The van der Waals surface area contributed by atoms with Gasteiger partial charge >= 0.3 is 5.97 Å². The molecule has 0 aliphatic heterocycles. The summed E-state index contributed by atoms with van der Waals surface area (Å²) in [4.78, 5) is 21.8. The third kappa shape index (κ3) is 11.4. The van der Waals surface area contributed by atoms with Crippen molar-refractivity contribution in [2.24, 2.45) is 11.1 Å². The van der Waals surface area contributed by atoms with Gasteiger partial charge in [0.1, 0.15) is 0 Å². The number of rotatable bonds is 8. The average Bonchev–Trinajstić information content (AvgIpc) is 2.12. The van der Waals surface area contributed by atoms with Crippen LogP contribution in [0.2, 0.25) is 0 Å². The second-order valence-corrected chi connectivity index (χ2v) is 5.93. The maximum absolute atomic E-state index is 11.5. The maximum Gasteiger partial charge on any atom is 0.303 e. The van der Waals surface area contributed by atoms with Gasteiger partial charge in [-0.2, -0.15) is 0 Å². The monoisotopic (exact) mass is 258 g/mol. The van der Waals surface area contributed by atoms with Crippen molar-refractivity contribution in [2.45, 2.75) is 58.9 Å². The van der Waals surface area contributed by atoms with Crippen LogP contribution in [0, 0.1) is 5.41 Å². The third-order valence-corrected chi connectivity index (χ3v) is 2.46. The second-order valence-electron chi connectivity index (χ2n) is 5.93. The number of aliphatic carboxylic acids is 1. The quantitative estimate of drug-likeness (QED) is 0.575. The van der Waals surface area contributed by atoms with Gasteiger partial charge in [-0.1, -0.05) is 20.8 Å². The van der Waals surface area contributed by atoms with Crippen LogP contribution in [-0.4, -0.2) is 29.6 Å². The highest BCUT2D eigenvalue weighted by atomic mass is 16.4. The lowest BCUT2D eigenvalue weighted by Gasteiger charge is -2.22. The van der Waals surface area contributed by atoms with Gasteiger partial charge in [0.25, 0.3) is 0 Å². The van der Waals surface area contributed by atoms with Gasteiger partial charge in [-0.25, -0.2) is 0 Å². The number of hydrogen-bond acceptors (Lipinski definition) is 3. The van der Waals surface area contributed by atoms with Crippen LogP contribution in [0.15, 0.2) is 0 Å². The van der Waals surface area contributed by atoms with Crippen LogP contribution in [-0.2, 0) is 9.59 Å². The standard InChI is InChI=1S/C13H26N2O3/c1-13(2,3)9-10(14)8-11(16)15-7-5-4-6-12(17)18/h10H,4-9,14H2,1-3H3,(H,15,16)(H,17,18). The van der Waals surface area contributed by atoms with E-state index in [1.807, 2.05) is 0 Å². The minimum atomic E-state index is -0.798. The highest BCUT2D eigenvalue weighted by molar-refractivity contribution is 5.76. The van der Waals surface area contributed by atoms with E-state index < -0.39 is 5.97 Å². The second kappa shape index (κ2) is 8.08. The Morgan fingerprint density at radius 2 is 1.89 bits per heavy atom. The minimum Gasteiger partial charge on any atom is -0.481 e. The summed E-state index contributed by atoms with van der Waals surface area (Å²) < 4.78 is 0. The smallest absolute Gasteiger partial charge is 0.303 e. The molecule has 106 valence electrons. The molecule has 0 heterocycles. The highest BCUT2D eigenvalue weighted by Gasteiger charge is 2.17. The topological polar surface area (TPSA) is 92.4 Å². The number of amides is 1. The summed E-state index contributed by atoms with van der Waals surface area (Å²) in [5.41, 5.74) is 6.02. The number of unbranched alkanes of at least 4 members (excludes halogenated alkanes) is 1. The first-order valence-electron chi connectivity index (χ1n) is 6.45. The fraction of sp³-hybridized carbons (Fsp3) is 0.846. The molecule has 1 unspecified atom stereocenters. The van der Waals surface area contributed by atoms with Gasteiger partial charge < -0.3 is 16.2 Å². The van der Waals surface area contributed by atoms with Crippen LogP contribution >= 0.6 is 0 Å². The van der Waals surface area contributed by atoms with Gasteiger partial charge in [0.2, 0.25) is 5.91 Å². The van der Waals surface area contributed by atoms with Crippen molar-refractivity contribution >= 4 is 11.9 Å². The first-order chi connectivity index (χ1) is 8.20. The van der Waals surface area contributed by atoms with Crippen molar-refractivity contribution in [3.63, 3.8) is 0 Å². The number of carboxylic acids is 1. The molecule has 0 radical (unpaired) electrons. The predicted molar refractivity (Wildman–Crippen MR) is 71.2 cm³/mol. The van der Waals surface area contributed by atoms with E-state index in [1.165, 1.54) is 0 Å². The Hall–Kier alpha value is -1.10. The van der Waals surface area contributed by atoms with Crippen molar-refractivity contribution in [3.05, 3.63) is 0 Å². The molecule has 0 rings (SSSR count). The molecule has 0 saturated heterocycles. The largest absolute Gasteiger partial charge is 0.481 e. The van der Waals surface area contributed by atoms with Gasteiger partial charge in [0, 0.05) is 25.4 Å². The lowest BCUT2D eigenvalue weighted by Crippen LogP contribution is -2.34. The molecule has 0 saturated carbocycles. The molecule has 0 aliphatic rings. The van der Waals surface area contributed by atoms with E-state index in [0.29, 0.717) is 25.8 Å². The molecule has 1 amide bonds. The molecular formula is C13H26N2O3. The Morgan fingerprint density at radius 1 is 1.28 bits per heavy atom. The van der Waals surface area contributed by atoms with Crippen molar-refractivity contribution in [1.82, 2.24) is 5.32 Å².